The Labute approximate surface area is 111 Å². The third-order valence-corrected chi connectivity index (χ3v) is 2.62. The molecule has 2 N–H and O–H groups in total. The van der Waals surface area contributed by atoms with Gasteiger partial charge in [-0.25, -0.2) is 9.97 Å². The van der Waals surface area contributed by atoms with Crippen LogP contribution in [0.2, 0.25) is 5.15 Å². The lowest BCUT2D eigenvalue weighted by Crippen LogP contribution is -1.98. The number of nitrogens with zero attached hydrogens (tertiary/aromatic N) is 3. The molecule has 0 aliphatic rings. The van der Waals surface area contributed by atoms with Crippen molar-refractivity contribution >= 4 is 33.5 Å². The monoisotopic (exact) mass is 314 g/mol. The van der Waals surface area contributed by atoms with Gasteiger partial charge in [-0.05, 0) is 35.0 Å². The Balaban J connectivity index is 2.31. The van der Waals surface area contributed by atoms with Crippen LogP contribution in [-0.4, -0.2) is 15.0 Å². The Morgan fingerprint density at radius 1 is 1.29 bits per heavy atom. The van der Waals surface area contributed by atoms with Crippen LogP contribution in [0.3, 0.4) is 0 Å². The van der Waals surface area contributed by atoms with E-state index < -0.39 is 0 Å². The van der Waals surface area contributed by atoms with Crippen LogP contribution in [0, 0.1) is 6.92 Å². The molecule has 0 aliphatic heterocycles. The zero-order chi connectivity index (χ0) is 12.4. The van der Waals surface area contributed by atoms with Gasteiger partial charge in [0.2, 0.25) is 11.8 Å². The van der Waals surface area contributed by atoms with E-state index in [1.54, 1.807) is 6.07 Å². The molecular formula is C10H8BrClN4O. The van der Waals surface area contributed by atoms with Crippen molar-refractivity contribution in [3.05, 3.63) is 33.6 Å². The number of aromatic nitrogens is 3. The zero-order valence-corrected chi connectivity index (χ0v) is 11.2. The number of anilines is 1. The van der Waals surface area contributed by atoms with Crippen LogP contribution in [0.1, 0.15) is 5.69 Å². The normalized spacial score (nSPS) is 10.3. The van der Waals surface area contributed by atoms with E-state index in [2.05, 4.69) is 30.9 Å². The summed E-state index contributed by atoms with van der Waals surface area (Å²) >= 11 is 9.04. The molecule has 0 amide bonds. The zero-order valence-electron chi connectivity index (χ0n) is 8.82. The van der Waals surface area contributed by atoms with Gasteiger partial charge in [0, 0.05) is 11.8 Å². The molecule has 0 fully saturated rings. The van der Waals surface area contributed by atoms with E-state index in [4.69, 9.17) is 22.1 Å². The quantitative estimate of drug-likeness (QED) is 0.681. The first-order chi connectivity index (χ1) is 8.04. The second-order valence-corrected chi connectivity index (χ2v) is 4.37. The van der Waals surface area contributed by atoms with Crippen molar-refractivity contribution in [2.75, 3.05) is 5.73 Å². The fraction of sp³-hybridized carbons (Fsp3) is 0.100. The van der Waals surface area contributed by atoms with E-state index in [0.717, 1.165) is 5.69 Å². The third-order valence-electron chi connectivity index (χ3n) is 1.86. The molecule has 17 heavy (non-hydrogen) atoms. The summed E-state index contributed by atoms with van der Waals surface area (Å²) in [4.78, 5) is 11.8. The molecule has 0 spiro atoms. The molecule has 2 aromatic heterocycles. The summed E-state index contributed by atoms with van der Waals surface area (Å²) in [7, 11) is 0. The van der Waals surface area contributed by atoms with Crippen molar-refractivity contribution in [3.63, 3.8) is 0 Å². The Bertz CT molecular complexity index is 544. The SMILES string of the molecule is Cc1ccc(Oc2cc(Cl)nc(N)n2)c(Br)n1. The fourth-order valence-corrected chi connectivity index (χ4v) is 1.84. The van der Waals surface area contributed by atoms with Gasteiger partial charge in [-0.15, -0.1) is 0 Å². The van der Waals surface area contributed by atoms with Crippen LogP contribution in [0.4, 0.5) is 5.95 Å². The second kappa shape index (κ2) is 4.85. The molecular weight excluding hydrogens is 307 g/mol. The highest BCUT2D eigenvalue weighted by molar-refractivity contribution is 9.10. The van der Waals surface area contributed by atoms with E-state index in [9.17, 15) is 0 Å². The Kier molecular flexibility index (Phi) is 3.44. The number of halogens is 2. The number of nitrogen functional groups attached to an aromatic ring is 1. The largest absolute Gasteiger partial charge is 0.436 e. The third kappa shape index (κ3) is 3.04. The summed E-state index contributed by atoms with van der Waals surface area (Å²) < 4.78 is 6.09. The summed E-state index contributed by atoms with van der Waals surface area (Å²) in [5.41, 5.74) is 6.34. The number of hydrogen-bond acceptors (Lipinski definition) is 5. The molecule has 0 atom stereocenters. The molecule has 2 heterocycles. The van der Waals surface area contributed by atoms with Crippen LogP contribution in [0.15, 0.2) is 22.8 Å². The summed E-state index contributed by atoms with van der Waals surface area (Å²) in [5.74, 6) is 0.863. The molecule has 88 valence electrons. The predicted molar refractivity (Wildman–Crippen MR) is 68.2 cm³/mol. The first-order valence-corrected chi connectivity index (χ1v) is 5.83. The van der Waals surface area contributed by atoms with Crippen LogP contribution in [0.25, 0.3) is 0 Å². The first-order valence-electron chi connectivity index (χ1n) is 4.65. The molecule has 7 heteroatoms. The maximum absolute atomic E-state index is 5.74. The summed E-state index contributed by atoms with van der Waals surface area (Å²) in [6, 6.07) is 5.08. The molecule has 0 radical (unpaired) electrons. The smallest absolute Gasteiger partial charge is 0.225 e. The van der Waals surface area contributed by atoms with Crippen molar-refractivity contribution in [1.82, 2.24) is 15.0 Å². The van der Waals surface area contributed by atoms with Gasteiger partial charge in [0.1, 0.15) is 9.76 Å². The van der Waals surface area contributed by atoms with E-state index in [-0.39, 0.29) is 17.0 Å². The topological polar surface area (TPSA) is 73.9 Å². The van der Waals surface area contributed by atoms with Crippen molar-refractivity contribution in [1.29, 1.82) is 0 Å². The maximum atomic E-state index is 5.74. The molecule has 0 bridgehead atoms. The van der Waals surface area contributed by atoms with E-state index in [0.29, 0.717) is 10.4 Å². The summed E-state index contributed by atoms with van der Waals surface area (Å²) in [5, 5.41) is 0.226. The van der Waals surface area contributed by atoms with E-state index in [1.807, 2.05) is 13.0 Å². The molecule has 0 saturated carbocycles. The lowest BCUT2D eigenvalue weighted by atomic mass is 10.4. The number of ether oxygens (including phenoxy) is 1. The highest BCUT2D eigenvalue weighted by Crippen LogP contribution is 2.28. The number of pyridine rings is 1. The summed E-state index contributed by atoms with van der Waals surface area (Å²) in [6.45, 7) is 1.88. The van der Waals surface area contributed by atoms with Gasteiger partial charge in [-0.2, -0.15) is 4.98 Å². The standard InChI is InChI=1S/C10H8BrClN4O/c1-5-2-3-6(9(11)14-5)17-8-4-7(12)15-10(13)16-8/h2-4H,1H3,(H2,13,15,16). The van der Waals surface area contributed by atoms with Crippen molar-refractivity contribution < 1.29 is 4.74 Å². The van der Waals surface area contributed by atoms with Crippen LogP contribution < -0.4 is 10.5 Å². The molecule has 2 rings (SSSR count). The van der Waals surface area contributed by atoms with Gasteiger partial charge in [-0.3, -0.25) is 0 Å². The minimum atomic E-state index is 0.0590. The molecule has 0 aromatic carbocycles. The van der Waals surface area contributed by atoms with Crippen molar-refractivity contribution in [2.24, 2.45) is 0 Å². The Hall–Kier alpha value is -1.40. The number of aryl methyl sites for hydroxylation is 1. The van der Waals surface area contributed by atoms with Gasteiger partial charge >= 0.3 is 0 Å². The molecule has 0 saturated heterocycles. The lowest BCUT2D eigenvalue weighted by Gasteiger charge is -2.07. The molecule has 0 aliphatic carbocycles. The van der Waals surface area contributed by atoms with E-state index >= 15 is 0 Å². The Morgan fingerprint density at radius 2 is 2.06 bits per heavy atom. The fourth-order valence-electron chi connectivity index (χ4n) is 1.17. The van der Waals surface area contributed by atoms with Gasteiger partial charge in [0.05, 0.1) is 0 Å². The number of hydrogen-bond donors (Lipinski definition) is 1. The molecule has 5 nitrogen and oxygen atoms in total. The lowest BCUT2D eigenvalue weighted by molar-refractivity contribution is 0.457. The Morgan fingerprint density at radius 3 is 2.71 bits per heavy atom. The number of rotatable bonds is 2. The number of nitrogens with two attached hydrogens (primary N) is 1. The van der Waals surface area contributed by atoms with Gasteiger partial charge < -0.3 is 10.5 Å². The predicted octanol–water partition coefficient (Wildman–Crippen LogP) is 2.97. The molecule has 0 unspecified atom stereocenters. The highest BCUT2D eigenvalue weighted by Gasteiger charge is 2.07. The van der Waals surface area contributed by atoms with E-state index in [1.165, 1.54) is 6.07 Å². The second-order valence-electron chi connectivity index (χ2n) is 3.23. The summed E-state index contributed by atoms with van der Waals surface area (Å²) in [6.07, 6.45) is 0. The first kappa shape index (κ1) is 12.1. The minimum Gasteiger partial charge on any atom is -0.436 e. The highest BCUT2D eigenvalue weighted by atomic mass is 79.9. The van der Waals surface area contributed by atoms with Gasteiger partial charge in [0.25, 0.3) is 0 Å². The average molecular weight is 316 g/mol. The van der Waals surface area contributed by atoms with Gasteiger partial charge in [-0.1, -0.05) is 11.6 Å². The minimum absolute atomic E-state index is 0.0590. The maximum Gasteiger partial charge on any atom is 0.225 e. The average Bonchev–Trinajstić information content (AvgIpc) is 2.21. The molecule has 2 aromatic rings. The van der Waals surface area contributed by atoms with Crippen molar-refractivity contribution in [2.45, 2.75) is 6.92 Å². The van der Waals surface area contributed by atoms with Crippen molar-refractivity contribution in [3.8, 4) is 11.6 Å². The van der Waals surface area contributed by atoms with Crippen LogP contribution in [0.5, 0.6) is 11.6 Å². The van der Waals surface area contributed by atoms with Crippen LogP contribution >= 0.6 is 27.5 Å². The van der Waals surface area contributed by atoms with Crippen LogP contribution in [-0.2, 0) is 0 Å². The van der Waals surface area contributed by atoms with Gasteiger partial charge in [0.15, 0.2) is 5.75 Å².